The first kappa shape index (κ1) is 13.1. The van der Waals surface area contributed by atoms with Crippen LogP contribution in [0.3, 0.4) is 0 Å². The SMILES string of the molecule is CCc1c(NC)ncnc1Nc1cccc(OC)c1. The summed E-state index contributed by atoms with van der Waals surface area (Å²) in [5.41, 5.74) is 2.00. The van der Waals surface area contributed by atoms with Crippen molar-refractivity contribution in [1.82, 2.24) is 9.97 Å². The fourth-order valence-corrected chi connectivity index (χ4v) is 1.91. The van der Waals surface area contributed by atoms with Crippen molar-refractivity contribution in [2.45, 2.75) is 13.3 Å². The Morgan fingerprint density at radius 2 is 2.00 bits per heavy atom. The predicted molar refractivity (Wildman–Crippen MR) is 77.2 cm³/mol. The number of methoxy groups -OCH3 is 1. The van der Waals surface area contributed by atoms with Gasteiger partial charge in [0.2, 0.25) is 0 Å². The summed E-state index contributed by atoms with van der Waals surface area (Å²) in [4.78, 5) is 8.52. The van der Waals surface area contributed by atoms with Crippen LogP contribution in [0.25, 0.3) is 0 Å². The second-order valence-electron chi connectivity index (χ2n) is 4.01. The highest BCUT2D eigenvalue weighted by molar-refractivity contribution is 5.65. The zero-order valence-corrected chi connectivity index (χ0v) is 11.4. The van der Waals surface area contributed by atoms with Gasteiger partial charge < -0.3 is 15.4 Å². The fourth-order valence-electron chi connectivity index (χ4n) is 1.91. The topological polar surface area (TPSA) is 59.1 Å². The van der Waals surface area contributed by atoms with Gasteiger partial charge in [-0.25, -0.2) is 9.97 Å². The molecular weight excluding hydrogens is 240 g/mol. The van der Waals surface area contributed by atoms with Crippen molar-refractivity contribution in [2.24, 2.45) is 0 Å². The molecule has 1 aromatic heterocycles. The molecule has 0 bridgehead atoms. The molecule has 5 nitrogen and oxygen atoms in total. The smallest absolute Gasteiger partial charge is 0.139 e. The lowest BCUT2D eigenvalue weighted by Crippen LogP contribution is -2.04. The molecule has 1 heterocycles. The van der Waals surface area contributed by atoms with Crippen molar-refractivity contribution in [3.05, 3.63) is 36.2 Å². The van der Waals surface area contributed by atoms with Crippen LogP contribution in [-0.2, 0) is 6.42 Å². The molecule has 0 saturated carbocycles. The monoisotopic (exact) mass is 258 g/mol. The molecule has 2 N–H and O–H groups in total. The van der Waals surface area contributed by atoms with Gasteiger partial charge in [0.05, 0.1) is 7.11 Å². The van der Waals surface area contributed by atoms with Gasteiger partial charge in [-0.3, -0.25) is 0 Å². The Kier molecular flexibility index (Phi) is 4.18. The first-order chi connectivity index (χ1) is 9.28. The zero-order valence-electron chi connectivity index (χ0n) is 11.4. The number of hydrogen-bond donors (Lipinski definition) is 2. The van der Waals surface area contributed by atoms with Crippen LogP contribution in [0.2, 0.25) is 0 Å². The van der Waals surface area contributed by atoms with E-state index in [0.29, 0.717) is 0 Å². The molecule has 100 valence electrons. The minimum absolute atomic E-state index is 0.811. The number of nitrogens with one attached hydrogen (secondary N) is 2. The molecule has 1 aromatic carbocycles. The van der Waals surface area contributed by atoms with Gasteiger partial charge in [-0.1, -0.05) is 13.0 Å². The minimum Gasteiger partial charge on any atom is -0.497 e. The van der Waals surface area contributed by atoms with E-state index in [1.807, 2.05) is 31.3 Å². The third kappa shape index (κ3) is 2.93. The van der Waals surface area contributed by atoms with E-state index in [2.05, 4.69) is 27.5 Å². The number of rotatable bonds is 5. The molecule has 5 heteroatoms. The van der Waals surface area contributed by atoms with E-state index in [1.165, 1.54) is 0 Å². The molecule has 0 fully saturated rings. The summed E-state index contributed by atoms with van der Waals surface area (Å²) in [7, 11) is 3.51. The number of nitrogens with zero attached hydrogens (tertiary/aromatic N) is 2. The number of anilines is 3. The minimum atomic E-state index is 0.811. The average molecular weight is 258 g/mol. The number of ether oxygens (including phenoxy) is 1. The number of benzene rings is 1. The van der Waals surface area contributed by atoms with Crippen LogP contribution in [0.15, 0.2) is 30.6 Å². The summed E-state index contributed by atoms with van der Waals surface area (Å²) in [6.45, 7) is 2.08. The van der Waals surface area contributed by atoms with Crippen molar-refractivity contribution >= 4 is 17.3 Å². The molecule has 0 aliphatic carbocycles. The molecule has 0 aliphatic heterocycles. The van der Waals surface area contributed by atoms with E-state index in [-0.39, 0.29) is 0 Å². The third-order valence-corrected chi connectivity index (χ3v) is 2.87. The second-order valence-corrected chi connectivity index (χ2v) is 4.01. The van der Waals surface area contributed by atoms with Crippen LogP contribution in [0.4, 0.5) is 17.3 Å². The van der Waals surface area contributed by atoms with Crippen LogP contribution in [0, 0.1) is 0 Å². The van der Waals surface area contributed by atoms with Crippen molar-refractivity contribution in [1.29, 1.82) is 0 Å². The normalized spacial score (nSPS) is 10.1. The van der Waals surface area contributed by atoms with E-state index >= 15 is 0 Å². The van der Waals surface area contributed by atoms with Crippen molar-refractivity contribution in [3.63, 3.8) is 0 Å². The van der Waals surface area contributed by atoms with Crippen molar-refractivity contribution in [2.75, 3.05) is 24.8 Å². The maximum Gasteiger partial charge on any atom is 0.139 e. The number of aromatic nitrogens is 2. The van der Waals surface area contributed by atoms with E-state index < -0.39 is 0 Å². The highest BCUT2D eigenvalue weighted by atomic mass is 16.5. The largest absolute Gasteiger partial charge is 0.497 e. The quantitative estimate of drug-likeness (QED) is 0.863. The molecule has 0 saturated heterocycles. The van der Waals surface area contributed by atoms with Crippen molar-refractivity contribution in [3.8, 4) is 5.75 Å². The first-order valence-corrected chi connectivity index (χ1v) is 6.21. The van der Waals surface area contributed by atoms with Gasteiger partial charge in [0, 0.05) is 24.4 Å². The van der Waals surface area contributed by atoms with E-state index in [0.717, 1.165) is 35.1 Å². The Bertz CT molecular complexity index is 557. The predicted octanol–water partition coefficient (Wildman–Crippen LogP) is 2.83. The molecule has 2 aromatic rings. The molecule has 0 unspecified atom stereocenters. The standard InChI is InChI=1S/C14H18N4O/c1-4-12-13(15-2)16-9-17-14(12)18-10-6-5-7-11(8-10)19-3/h5-9H,4H2,1-3H3,(H2,15,16,17,18). The van der Waals surface area contributed by atoms with Crippen LogP contribution in [0.5, 0.6) is 5.75 Å². The molecule has 0 amide bonds. The van der Waals surface area contributed by atoms with Gasteiger partial charge in [-0.2, -0.15) is 0 Å². The van der Waals surface area contributed by atoms with Gasteiger partial charge in [0.25, 0.3) is 0 Å². The maximum absolute atomic E-state index is 5.21. The molecule has 0 spiro atoms. The second kappa shape index (κ2) is 6.04. The Hall–Kier alpha value is -2.30. The Morgan fingerprint density at radius 3 is 2.68 bits per heavy atom. The summed E-state index contributed by atoms with van der Waals surface area (Å²) < 4.78 is 5.21. The average Bonchev–Trinajstić information content (AvgIpc) is 2.47. The molecule has 2 rings (SSSR count). The van der Waals surface area contributed by atoms with Crippen LogP contribution < -0.4 is 15.4 Å². The summed E-state index contributed by atoms with van der Waals surface area (Å²) >= 11 is 0. The summed E-state index contributed by atoms with van der Waals surface area (Å²) in [6.07, 6.45) is 2.40. The fraction of sp³-hybridized carbons (Fsp3) is 0.286. The molecular formula is C14H18N4O. The van der Waals surface area contributed by atoms with Gasteiger partial charge >= 0.3 is 0 Å². The molecule has 0 atom stereocenters. The number of hydrogen-bond acceptors (Lipinski definition) is 5. The molecule has 19 heavy (non-hydrogen) atoms. The van der Waals surface area contributed by atoms with Crippen molar-refractivity contribution < 1.29 is 4.74 Å². The van der Waals surface area contributed by atoms with E-state index in [9.17, 15) is 0 Å². The third-order valence-electron chi connectivity index (χ3n) is 2.87. The molecule has 0 radical (unpaired) electrons. The van der Waals surface area contributed by atoms with Crippen LogP contribution in [0.1, 0.15) is 12.5 Å². The Labute approximate surface area is 113 Å². The summed E-state index contributed by atoms with van der Waals surface area (Å²) in [5, 5.41) is 6.38. The van der Waals surface area contributed by atoms with Gasteiger partial charge in [-0.05, 0) is 18.6 Å². The lowest BCUT2D eigenvalue weighted by Gasteiger charge is -2.13. The maximum atomic E-state index is 5.21. The summed E-state index contributed by atoms with van der Waals surface area (Å²) in [6, 6.07) is 7.75. The zero-order chi connectivity index (χ0) is 13.7. The van der Waals surface area contributed by atoms with Crippen LogP contribution in [-0.4, -0.2) is 24.1 Å². The van der Waals surface area contributed by atoms with Gasteiger partial charge in [0.15, 0.2) is 0 Å². The first-order valence-electron chi connectivity index (χ1n) is 6.21. The van der Waals surface area contributed by atoms with Gasteiger partial charge in [0.1, 0.15) is 23.7 Å². The molecule has 0 aliphatic rings. The highest BCUT2D eigenvalue weighted by Gasteiger charge is 2.08. The Morgan fingerprint density at radius 1 is 1.21 bits per heavy atom. The van der Waals surface area contributed by atoms with Gasteiger partial charge in [-0.15, -0.1) is 0 Å². The summed E-state index contributed by atoms with van der Waals surface area (Å²) in [5.74, 6) is 2.48. The highest BCUT2D eigenvalue weighted by Crippen LogP contribution is 2.25. The van der Waals surface area contributed by atoms with Crippen LogP contribution >= 0.6 is 0 Å². The van der Waals surface area contributed by atoms with E-state index in [1.54, 1.807) is 13.4 Å². The Balaban J connectivity index is 2.32. The van der Waals surface area contributed by atoms with E-state index in [4.69, 9.17) is 4.74 Å². The lowest BCUT2D eigenvalue weighted by atomic mass is 10.2. The lowest BCUT2D eigenvalue weighted by molar-refractivity contribution is 0.415.